The van der Waals surface area contributed by atoms with Crippen LogP contribution in [0.4, 0.5) is 5.69 Å². The second-order valence-electron chi connectivity index (χ2n) is 6.14. The van der Waals surface area contributed by atoms with Gasteiger partial charge in [0.15, 0.2) is 0 Å². The number of hydrogen-bond acceptors (Lipinski definition) is 5. The fourth-order valence-electron chi connectivity index (χ4n) is 2.92. The summed E-state index contributed by atoms with van der Waals surface area (Å²) >= 11 is 5.85. The van der Waals surface area contributed by atoms with Gasteiger partial charge in [0.25, 0.3) is 0 Å². The second-order valence-corrected chi connectivity index (χ2v) is 6.57. The van der Waals surface area contributed by atoms with Gasteiger partial charge in [0.2, 0.25) is 17.8 Å². The normalized spacial score (nSPS) is 21.5. The van der Waals surface area contributed by atoms with E-state index in [9.17, 15) is 9.59 Å². The third-order valence-electron chi connectivity index (χ3n) is 4.44. The highest BCUT2D eigenvalue weighted by molar-refractivity contribution is 6.30. The van der Waals surface area contributed by atoms with Gasteiger partial charge in [-0.05, 0) is 30.8 Å². The summed E-state index contributed by atoms with van der Waals surface area (Å²) in [4.78, 5) is 33.3. The maximum absolute atomic E-state index is 12.5. The van der Waals surface area contributed by atoms with E-state index < -0.39 is 6.04 Å². The Morgan fingerprint density at radius 2 is 1.96 bits per heavy atom. The Morgan fingerprint density at radius 3 is 2.60 bits per heavy atom. The van der Waals surface area contributed by atoms with Crippen molar-refractivity contribution in [3.8, 4) is 0 Å². The summed E-state index contributed by atoms with van der Waals surface area (Å²) in [5.41, 5.74) is 0.633. The van der Waals surface area contributed by atoms with Crippen LogP contribution in [0, 0.1) is 0 Å². The van der Waals surface area contributed by atoms with Crippen molar-refractivity contribution in [1.82, 2.24) is 15.1 Å². The molecular formula is C17H22ClN5O2. The molecule has 0 spiro atoms. The fraction of sp³-hybridized carbons (Fsp3) is 0.471. The summed E-state index contributed by atoms with van der Waals surface area (Å²) in [5, 5.41) is 6.18. The first-order chi connectivity index (χ1) is 12.0. The topological polar surface area (TPSA) is 77.0 Å². The van der Waals surface area contributed by atoms with Crippen LogP contribution >= 0.6 is 11.6 Å². The molecule has 2 amide bonds. The van der Waals surface area contributed by atoms with Gasteiger partial charge in [-0.3, -0.25) is 14.9 Å². The van der Waals surface area contributed by atoms with Gasteiger partial charge in [-0.1, -0.05) is 18.5 Å². The lowest BCUT2D eigenvalue weighted by molar-refractivity contribution is -0.125. The van der Waals surface area contributed by atoms with E-state index >= 15 is 0 Å². The average Bonchev–Trinajstić information content (AvgIpc) is 2.63. The van der Waals surface area contributed by atoms with Gasteiger partial charge >= 0.3 is 0 Å². The van der Waals surface area contributed by atoms with Crippen LogP contribution in [0.5, 0.6) is 0 Å². The molecule has 0 saturated carbocycles. The zero-order valence-corrected chi connectivity index (χ0v) is 14.9. The summed E-state index contributed by atoms with van der Waals surface area (Å²) in [7, 11) is 0. The lowest BCUT2D eigenvalue weighted by Gasteiger charge is -2.37. The molecule has 0 aromatic heterocycles. The summed E-state index contributed by atoms with van der Waals surface area (Å²) in [5.74, 6) is 0.0318. The quantitative estimate of drug-likeness (QED) is 0.845. The van der Waals surface area contributed by atoms with Gasteiger partial charge < -0.3 is 15.1 Å². The lowest BCUT2D eigenvalue weighted by Crippen LogP contribution is -2.56. The van der Waals surface area contributed by atoms with Crippen LogP contribution in [-0.2, 0) is 9.59 Å². The Bertz CT molecular complexity index is 668. The van der Waals surface area contributed by atoms with Gasteiger partial charge in [-0.2, -0.15) is 0 Å². The predicted octanol–water partition coefficient (Wildman–Crippen LogP) is 1.16. The molecule has 1 aromatic rings. The number of benzene rings is 1. The van der Waals surface area contributed by atoms with Crippen molar-refractivity contribution < 1.29 is 9.59 Å². The van der Waals surface area contributed by atoms with Gasteiger partial charge in [0.05, 0.1) is 6.42 Å². The average molecular weight is 364 g/mol. The molecule has 7 nitrogen and oxygen atoms in total. The Balaban J connectivity index is 1.67. The van der Waals surface area contributed by atoms with Crippen LogP contribution in [0.3, 0.4) is 0 Å². The number of anilines is 1. The zero-order chi connectivity index (χ0) is 17.8. The number of rotatable bonds is 3. The maximum atomic E-state index is 12.5. The lowest BCUT2D eigenvalue weighted by atomic mass is 10.1. The Hall–Kier alpha value is -2.12. The predicted molar refractivity (Wildman–Crippen MR) is 97.8 cm³/mol. The van der Waals surface area contributed by atoms with Crippen molar-refractivity contribution in [1.29, 1.82) is 0 Å². The molecule has 8 heteroatoms. The second kappa shape index (κ2) is 7.84. The molecule has 1 atom stereocenters. The van der Waals surface area contributed by atoms with E-state index in [-0.39, 0.29) is 18.2 Å². The first kappa shape index (κ1) is 17.7. The highest BCUT2D eigenvalue weighted by Gasteiger charge is 2.30. The molecule has 0 bridgehead atoms. The SMILES string of the molecule is CCN1CCN(C2=N[C@H](C(=O)Nc3ccc(Cl)cc3)CC(=O)N2)CC1. The minimum Gasteiger partial charge on any atom is -0.340 e. The molecule has 0 radical (unpaired) electrons. The number of carbonyl (C=O) groups excluding carboxylic acids is 2. The molecular weight excluding hydrogens is 342 g/mol. The van der Waals surface area contributed by atoms with Crippen LogP contribution < -0.4 is 10.6 Å². The van der Waals surface area contributed by atoms with Crippen LogP contribution in [0.1, 0.15) is 13.3 Å². The summed E-state index contributed by atoms with van der Waals surface area (Å²) in [6.45, 7) is 6.57. The van der Waals surface area contributed by atoms with E-state index in [0.29, 0.717) is 16.7 Å². The molecule has 1 fully saturated rings. The van der Waals surface area contributed by atoms with E-state index in [4.69, 9.17) is 11.6 Å². The first-order valence-electron chi connectivity index (χ1n) is 8.46. The van der Waals surface area contributed by atoms with E-state index in [0.717, 1.165) is 32.7 Å². The third-order valence-corrected chi connectivity index (χ3v) is 4.69. The number of nitrogens with one attached hydrogen (secondary N) is 2. The standard InChI is InChI=1S/C17H22ClN5O2/c1-2-22-7-9-23(10-8-22)17-20-14(11-15(24)21-17)16(25)19-13-5-3-12(18)4-6-13/h3-6,14H,2,7-11H2,1H3,(H,19,25)(H,20,21,24)/t14-/m0/s1. The van der Waals surface area contributed by atoms with Crippen molar-refractivity contribution in [2.45, 2.75) is 19.4 Å². The minimum absolute atomic E-state index is 0.0534. The molecule has 3 rings (SSSR count). The Morgan fingerprint density at radius 1 is 1.28 bits per heavy atom. The number of halogens is 1. The molecule has 0 aliphatic carbocycles. The van der Waals surface area contributed by atoms with Crippen molar-refractivity contribution in [2.24, 2.45) is 4.99 Å². The molecule has 1 aromatic carbocycles. The first-order valence-corrected chi connectivity index (χ1v) is 8.84. The number of likely N-dealkylation sites (N-methyl/N-ethyl adjacent to an activating group) is 1. The van der Waals surface area contributed by atoms with Crippen molar-refractivity contribution in [2.75, 3.05) is 38.0 Å². The number of carbonyl (C=O) groups is 2. The van der Waals surface area contributed by atoms with Gasteiger partial charge in [0, 0.05) is 36.9 Å². The van der Waals surface area contributed by atoms with Gasteiger partial charge in [-0.25, -0.2) is 4.99 Å². The van der Waals surface area contributed by atoms with Crippen LogP contribution in [0.25, 0.3) is 0 Å². The summed E-state index contributed by atoms with van der Waals surface area (Å²) in [6.07, 6.45) is 0.0534. The molecule has 134 valence electrons. The number of aliphatic imine (C=N–C) groups is 1. The van der Waals surface area contributed by atoms with E-state index in [1.54, 1.807) is 24.3 Å². The molecule has 0 unspecified atom stereocenters. The Kier molecular flexibility index (Phi) is 5.55. The highest BCUT2D eigenvalue weighted by Crippen LogP contribution is 2.16. The molecule has 25 heavy (non-hydrogen) atoms. The number of piperazine rings is 1. The molecule has 2 heterocycles. The van der Waals surface area contributed by atoms with Gasteiger partial charge in [-0.15, -0.1) is 0 Å². The number of hydrogen-bond donors (Lipinski definition) is 2. The van der Waals surface area contributed by atoms with Crippen LogP contribution in [0.15, 0.2) is 29.3 Å². The molecule has 2 aliphatic heterocycles. The van der Waals surface area contributed by atoms with Gasteiger partial charge in [0.1, 0.15) is 6.04 Å². The van der Waals surface area contributed by atoms with Crippen molar-refractivity contribution >= 4 is 35.1 Å². The monoisotopic (exact) mass is 363 g/mol. The van der Waals surface area contributed by atoms with E-state index in [2.05, 4.69) is 27.4 Å². The largest absolute Gasteiger partial charge is 0.340 e. The van der Waals surface area contributed by atoms with Crippen molar-refractivity contribution in [3.05, 3.63) is 29.3 Å². The number of guanidine groups is 1. The van der Waals surface area contributed by atoms with E-state index in [1.165, 1.54) is 0 Å². The third kappa shape index (κ3) is 4.49. The van der Waals surface area contributed by atoms with Crippen LogP contribution in [0.2, 0.25) is 5.02 Å². The smallest absolute Gasteiger partial charge is 0.249 e. The molecule has 2 aliphatic rings. The maximum Gasteiger partial charge on any atom is 0.249 e. The fourth-order valence-corrected chi connectivity index (χ4v) is 3.05. The summed E-state index contributed by atoms with van der Waals surface area (Å²) in [6, 6.07) is 6.12. The Labute approximate surface area is 152 Å². The van der Waals surface area contributed by atoms with Crippen molar-refractivity contribution in [3.63, 3.8) is 0 Å². The number of amides is 2. The van der Waals surface area contributed by atoms with Crippen LogP contribution in [-0.4, -0.2) is 66.3 Å². The molecule has 1 saturated heterocycles. The highest BCUT2D eigenvalue weighted by atomic mass is 35.5. The minimum atomic E-state index is -0.719. The summed E-state index contributed by atoms with van der Waals surface area (Å²) < 4.78 is 0. The zero-order valence-electron chi connectivity index (χ0n) is 14.2. The van der Waals surface area contributed by atoms with E-state index in [1.807, 2.05) is 4.90 Å². The molecule has 2 N–H and O–H groups in total. The number of nitrogens with zero attached hydrogens (tertiary/aromatic N) is 3.